The Hall–Kier alpha value is -2.47. The van der Waals surface area contributed by atoms with E-state index >= 15 is 0 Å². The molecule has 4 rings (SSSR count). The molecule has 23 heavy (non-hydrogen) atoms. The van der Waals surface area contributed by atoms with Crippen LogP contribution in [0.2, 0.25) is 0 Å². The maximum absolute atomic E-state index is 5.26. The number of aromatic nitrogens is 4. The van der Waals surface area contributed by atoms with Gasteiger partial charge in [-0.15, -0.1) is 0 Å². The number of hydrogen-bond donors (Lipinski definition) is 0. The highest BCUT2D eigenvalue weighted by atomic mass is 16.5. The van der Waals surface area contributed by atoms with Crippen LogP contribution in [-0.4, -0.2) is 30.9 Å². The number of hydrogen-bond acceptors (Lipinski definition) is 5. The largest absolute Gasteiger partial charge is 0.338 e. The molecule has 0 spiro atoms. The van der Waals surface area contributed by atoms with Crippen LogP contribution in [0.1, 0.15) is 30.1 Å². The van der Waals surface area contributed by atoms with Crippen LogP contribution in [-0.2, 0) is 13.1 Å². The number of rotatable bonds is 6. The molecule has 6 heteroatoms. The zero-order valence-corrected chi connectivity index (χ0v) is 13.1. The van der Waals surface area contributed by atoms with Gasteiger partial charge in [0.25, 0.3) is 0 Å². The Bertz CT molecular complexity index is 759. The summed E-state index contributed by atoms with van der Waals surface area (Å²) in [5, 5.41) is 8.13. The molecule has 0 saturated heterocycles. The standard InChI is InChI=1S/C17H19N5O/c1-13-19-17(23-20-13)12-21(15-7-8-15)11-14-3-5-16(6-4-14)22-10-2-9-18-22/h2-6,9-10,15H,7-8,11-12H2,1H3. The first-order chi connectivity index (χ1) is 11.3. The van der Waals surface area contributed by atoms with Gasteiger partial charge in [0.2, 0.25) is 5.89 Å². The lowest BCUT2D eigenvalue weighted by molar-refractivity contribution is 0.209. The van der Waals surface area contributed by atoms with Gasteiger partial charge in [0.05, 0.1) is 12.2 Å². The van der Waals surface area contributed by atoms with E-state index in [4.69, 9.17) is 4.52 Å². The second kappa shape index (κ2) is 5.96. The molecule has 0 amide bonds. The summed E-state index contributed by atoms with van der Waals surface area (Å²) in [4.78, 5) is 6.73. The topological polar surface area (TPSA) is 60.0 Å². The Morgan fingerprint density at radius 2 is 2.04 bits per heavy atom. The first-order valence-corrected chi connectivity index (χ1v) is 7.90. The molecule has 0 atom stereocenters. The zero-order valence-electron chi connectivity index (χ0n) is 13.1. The maximum Gasteiger partial charge on any atom is 0.240 e. The van der Waals surface area contributed by atoms with Crippen molar-refractivity contribution in [2.75, 3.05) is 0 Å². The summed E-state index contributed by atoms with van der Waals surface area (Å²) < 4.78 is 7.13. The molecule has 0 bridgehead atoms. The minimum Gasteiger partial charge on any atom is -0.338 e. The van der Waals surface area contributed by atoms with Crippen molar-refractivity contribution in [1.82, 2.24) is 24.8 Å². The third-order valence-electron chi connectivity index (χ3n) is 4.06. The van der Waals surface area contributed by atoms with E-state index in [1.807, 2.05) is 23.9 Å². The molecule has 1 fully saturated rings. The van der Waals surface area contributed by atoms with E-state index in [0.29, 0.717) is 24.3 Å². The Kier molecular flexibility index (Phi) is 3.67. The van der Waals surface area contributed by atoms with E-state index in [2.05, 4.69) is 44.4 Å². The fourth-order valence-electron chi connectivity index (χ4n) is 2.74. The summed E-state index contributed by atoms with van der Waals surface area (Å²) in [6.45, 7) is 3.46. The first kappa shape index (κ1) is 14.1. The molecular weight excluding hydrogens is 290 g/mol. The van der Waals surface area contributed by atoms with Gasteiger partial charge < -0.3 is 4.52 Å². The summed E-state index contributed by atoms with van der Waals surface area (Å²) in [6, 6.07) is 11.1. The van der Waals surface area contributed by atoms with Crippen LogP contribution >= 0.6 is 0 Å². The van der Waals surface area contributed by atoms with Crippen LogP contribution < -0.4 is 0 Å². The minimum absolute atomic E-state index is 0.632. The quantitative estimate of drug-likeness (QED) is 0.700. The average Bonchev–Trinajstić information content (AvgIpc) is 3.10. The second-order valence-corrected chi connectivity index (χ2v) is 5.99. The van der Waals surface area contributed by atoms with Gasteiger partial charge in [0.1, 0.15) is 0 Å². The van der Waals surface area contributed by atoms with Gasteiger partial charge in [-0.2, -0.15) is 10.1 Å². The first-order valence-electron chi connectivity index (χ1n) is 7.90. The molecule has 0 aliphatic heterocycles. The van der Waals surface area contributed by atoms with Crippen molar-refractivity contribution in [3.05, 3.63) is 60.0 Å². The SMILES string of the molecule is Cc1noc(CN(Cc2ccc(-n3cccn3)cc2)C2CC2)n1. The third kappa shape index (κ3) is 3.32. The van der Waals surface area contributed by atoms with Crippen LogP contribution in [0.5, 0.6) is 0 Å². The lowest BCUT2D eigenvalue weighted by Gasteiger charge is -2.20. The fraction of sp³-hybridized carbons (Fsp3) is 0.353. The number of aryl methyl sites for hydroxylation is 1. The molecule has 0 radical (unpaired) electrons. The maximum atomic E-state index is 5.26. The molecule has 6 nitrogen and oxygen atoms in total. The molecule has 2 aromatic heterocycles. The predicted octanol–water partition coefficient (Wildman–Crippen LogP) is 2.73. The fourth-order valence-corrected chi connectivity index (χ4v) is 2.74. The van der Waals surface area contributed by atoms with E-state index in [1.54, 1.807) is 6.20 Å². The molecule has 1 aliphatic carbocycles. The normalized spacial score (nSPS) is 14.5. The minimum atomic E-state index is 0.632. The highest BCUT2D eigenvalue weighted by Gasteiger charge is 2.30. The molecule has 3 aromatic rings. The van der Waals surface area contributed by atoms with Crippen LogP contribution in [0.15, 0.2) is 47.2 Å². The third-order valence-corrected chi connectivity index (χ3v) is 4.06. The highest BCUT2D eigenvalue weighted by molar-refractivity contribution is 5.33. The van der Waals surface area contributed by atoms with Crippen molar-refractivity contribution in [3.8, 4) is 5.69 Å². The zero-order chi connectivity index (χ0) is 15.6. The predicted molar refractivity (Wildman–Crippen MR) is 84.9 cm³/mol. The van der Waals surface area contributed by atoms with Gasteiger partial charge in [0.15, 0.2) is 5.82 Å². The Morgan fingerprint density at radius 3 is 2.65 bits per heavy atom. The van der Waals surface area contributed by atoms with E-state index in [-0.39, 0.29) is 0 Å². The van der Waals surface area contributed by atoms with Crippen molar-refractivity contribution >= 4 is 0 Å². The van der Waals surface area contributed by atoms with E-state index in [1.165, 1.54) is 18.4 Å². The van der Waals surface area contributed by atoms with Gasteiger partial charge in [-0.05, 0) is 43.5 Å². The van der Waals surface area contributed by atoms with E-state index < -0.39 is 0 Å². The molecule has 2 heterocycles. The van der Waals surface area contributed by atoms with Crippen LogP contribution in [0, 0.1) is 6.92 Å². The molecular formula is C17H19N5O. The van der Waals surface area contributed by atoms with Crippen LogP contribution in [0.4, 0.5) is 0 Å². The molecule has 118 valence electrons. The summed E-state index contributed by atoms with van der Waals surface area (Å²) in [6.07, 6.45) is 6.23. The Balaban J connectivity index is 1.46. The van der Waals surface area contributed by atoms with Gasteiger partial charge >= 0.3 is 0 Å². The summed E-state index contributed by atoms with van der Waals surface area (Å²) >= 11 is 0. The van der Waals surface area contributed by atoms with Crippen molar-refractivity contribution in [1.29, 1.82) is 0 Å². The smallest absolute Gasteiger partial charge is 0.240 e. The van der Waals surface area contributed by atoms with E-state index in [0.717, 1.165) is 12.2 Å². The second-order valence-electron chi connectivity index (χ2n) is 5.99. The van der Waals surface area contributed by atoms with Crippen molar-refractivity contribution in [2.24, 2.45) is 0 Å². The molecule has 1 aliphatic rings. The van der Waals surface area contributed by atoms with Crippen molar-refractivity contribution in [2.45, 2.75) is 38.9 Å². The van der Waals surface area contributed by atoms with Crippen LogP contribution in [0.3, 0.4) is 0 Å². The molecule has 1 saturated carbocycles. The summed E-state index contributed by atoms with van der Waals surface area (Å²) in [7, 11) is 0. The number of nitrogens with zero attached hydrogens (tertiary/aromatic N) is 5. The monoisotopic (exact) mass is 309 g/mol. The van der Waals surface area contributed by atoms with Gasteiger partial charge in [-0.1, -0.05) is 17.3 Å². The lowest BCUT2D eigenvalue weighted by atomic mass is 10.2. The van der Waals surface area contributed by atoms with Crippen molar-refractivity contribution < 1.29 is 4.52 Å². The van der Waals surface area contributed by atoms with Gasteiger partial charge in [-0.3, -0.25) is 4.90 Å². The van der Waals surface area contributed by atoms with Gasteiger partial charge in [0, 0.05) is 25.0 Å². The summed E-state index contributed by atoms with van der Waals surface area (Å²) in [5.74, 6) is 1.39. The Labute approximate surface area is 134 Å². The van der Waals surface area contributed by atoms with Crippen LogP contribution in [0.25, 0.3) is 5.69 Å². The molecule has 0 N–H and O–H groups in total. The highest BCUT2D eigenvalue weighted by Crippen LogP contribution is 2.29. The van der Waals surface area contributed by atoms with Crippen molar-refractivity contribution in [3.63, 3.8) is 0 Å². The summed E-state index contributed by atoms with van der Waals surface area (Å²) in [5.41, 5.74) is 2.35. The average molecular weight is 309 g/mol. The lowest BCUT2D eigenvalue weighted by Crippen LogP contribution is -2.25. The number of benzene rings is 1. The van der Waals surface area contributed by atoms with Gasteiger partial charge in [-0.25, -0.2) is 4.68 Å². The molecule has 0 unspecified atom stereocenters. The van der Waals surface area contributed by atoms with E-state index in [9.17, 15) is 0 Å². The molecule has 1 aromatic carbocycles. The Morgan fingerprint density at radius 1 is 1.22 bits per heavy atom.